The average Bonchev–Trinajstić information content (AvgIpc) is 2.64. The first kappa shape index (κ1) is 17.8. The van der Waals surface area contributed by atoms with Gasteiger partial charge >= 0.3 is 0 Å². The molecular formula is C19H28N2O2S. The molecule has 24 heavy (non-hydrogen) atoms. The fourth-order valence-corrected chi connectivity index (χ4v) is 4.56. The van der Waals surface area contributed by atoms with E-state index < -0.39 is 0 Å². The predicted octanol–water partition coefficient (Wildman–Crippen LogP) is 2.80. The molecule has 0 spiro atoms. The summed E-state index contributed by atoms with van der Waals surface area (Å²) >= 11 is 1.98. The Morgan fingerprint density at radius 1 is 1.17 bits per heavy atom. The topological polar surface area (TPSA) is 32.8 Å². The molecule has 0 bridgehead atoms. The van der Waals surface area contributed by atoms with Gasteiger partial charge in [-0.1, -0.05) is 30.3 Å². The molecule has 3 rings (SSSR count). The van der Waals surface area contributed by atoms with Gasteiger partial charge in [-0.25, -0.2) is 0 Å². The molecule has 2 heterocycles. The van der Waals surface area contributed by atoms with Gasteiger partial charge in [0.25, 0.3) is 0 Å². The van der Waals surface area contributed by atoms with E-state index in [4.69, 9.17) is 4.74 Å². The Kier molecular flexibility index (Phi) is 6.58. The number of rotatable bonds is 5. The number of thioether (sulfide) groups is 1. The van der Waals surface area contributed by atoms with E-state index >= 15 is 0 Å². The van der Waals surface area contributed by atoms with Crippen molar-refractivity contribution in [3.05, 3.63) is 35.9 Å². The van der Waals surface area contributed by atoms with Gasteiger partial charge in [-0.05, 0) is 25.3 Å². The van der Waals surface area contributed by atoms with Gasteiger partial charge in [-0.3, -0.25) is 9.69 Å². The van der Waals surface area contributed by atoms with E-state index in [9.17, 15) is 4.79 Å². The molecule has 1 aromatic carbocycles. The maximum atomic E-state index is 13.3. The lowest BCUT2D eigenvalue weighted by atomic mass is 10.0. The van der Waals surface area contributed by atoms with Crippen molar-refractivity contribution in [1.82, 2.24) is 9.80 Å². The SMILES string of the molecule is CCOC1CCN(C(=O)C(c2ccccc2)N2CCSCC2)CC1. The van der Waals surface area contributed by atoms with Gasteiger partial charge in [0.15, 0.2) is 0 Å². The van der Waals surface area contributed by atoms with Gasteiger partial charge in [0.1, 0.15) is 6.04 Å². The molecule has 0 saturated carbocycles. The third kappa shape index (κ3) is 4.32. The zero-order valence-electron chi connectivity index (χ0n) is 14.5. The van der Waals surface area contributed by atoms with Gasteiger partial charge in [0, 0.05) is 44.3 Å². The molecule has 0 radical (unpaired) electrons. The van der Waals surface area contributed by atoms with Crippen molar-refractivity contribution in [3.63, 3.8) is 0 Å². The molecule has 1 amide bonds. The number of likely N-dealkylation sites (tertiary alicyclic amines) is 1. The Morgan fingerprint density at radius 3 is 2.46 bits per heavy atom. The van der Waals surface area contributed by atoms with E-state index in [1.807, 2.05) is 36.9 Å². The maximum absolute atomic E-state index is 13.3. The Morgan fingerprint density at radius 2 is 1.83 bits per heavy atom. The number of nitrogens with zero attached hydrogens (tertiary/aromatic N) is 2. The molecule has 0 aromatic heterocycles. The van der Waals surface area contributed by atoms with Crippen LogP contribution in [0.25, 0.3) is 0 Å². The molecule has 2 saturated heterocycles. The summed E-state index contributed by atoms with van der Waals surface area (Å²) in [7, 11) is 0. The van der Waals surface area contributed by atoms with Gasteiger partial charge < -0.3 is 9.64 Å². The van der Waals surface area contributed by atoms with Crippen LogP contribution in [0.2, 0.25) is 0 Å². The van der Waals surface area contributed by atoms with Crippen molar-refractivity contribution in [3.8, 4) is 0 Å². The maximum Gasteiger partial charge on any atom is 0.244 e. The van der Waals surface area contributed by atoms with E-state index in [1.54, 1.807) is 0 Å². The number of hydrogen-bond donors (Lipinski definition) is 0. The molecule has 132 valence electrons. The van der Waals surface area contributed by atoms with E-state index in [1.165, 1.54) is 0 Å². The number of piperidine rings is 1. The van der Waals surface area contributed by atoms with Crippen LogP contribution in [0, 0.1) is 0 Å². The van der Waals surface area contributed by atoms with Gasteiger partial charge in [0.05, 0.1) is 6.10 Å². The fraction of sp³-hybridized carbons (Fsp3) is 0.632. The highest BCUT2D eigenvalue weighted by molar-refractivity contribution is 7.99. The Hall–Kier alpha value is -1.04. The van der Waals surface area contributed by atoms with Crippen LogP contribution in [0.4, 0.5) is 0 Å². The quantitative estimate of drug-likeness (QED) is 0.819. The summed E-state index contributed by atoms with van der Waals surface area (Å²) < 4.78 is 5.72. The molecular weight excluding hydrogens is 320 g/mol. The van der Waals surface area contributed by atoms with E-state index in [2.05, 4.69) is 21.9 Å². The first-order valence-electron chi connectivity index (χ1n) is 9.06. The minimum Gasteiger partial charge on any atom is -0.378 e. The molecule has 1 unspecified atom stereocenters. The summed E-state index contributed by atoms with van der Waals surface area (Å²) in [6.07, 6.45) is 2.23. The highest BCUT2D eigenvalue weighted by Gasteiger charge is 2.33. The van der Waals surface area contributed by atoms with Crippen LogP contribution >= 0.6 is 11.8 Å². The van der Waals surface area contributed by atoms with Gasteiger partial charge in [0.2, 0.25) is 5.91 Å². The second kappa shape index (κ2) is 8.88. The van der Waals surface area contributed by atoms with Crippen LogP contribution in [0.1, 0.15) is 31.4 Å². The zero-order chi connectivity index (χ0) is 16.8. The van der Waals surface area contributed by atoms with Crippen molar-refractivity contribution in [2.75, 3.05) is 44.3 Å². The summed E-state index contributed by atoms with van der Waals surface area (Å²) in [5.41, 5.74) is 1.13. The molecule has 2 fully saturated rings. The van der Waals surface area contributed by atoms with Crippen LogP contribution in [0.15, 0.2) is 30.3 Å². The lowest BCUT2D eigenvalue weighted by molar-refractivity contribution is -0.139. The smallest absolute Gasteiger partial charge is 0.244 e. The molecule has 5 heteroatoms. The standard InChI is InChI=1S/C19H28N2O2S/c1-2-23-17-8-10-21(11-9-17)19(22)18(16-6-4-3-5-7-16)20-12-14-24-15-13-20/h3-7,17-18H,2,8-15H2,1H3. The lowest BCUT2D eigenvalue weighted by Gasteiger charge is -2.39. The molecule has 1 aromatic rings. The van der Waals surface area contributed by atoms with Gasteiger partial charge in [-0.15, -0.1) is 0 Å². The molecule has 1 atom stereocenters. The van der Waals surface area contributed by atoms with Crippen LogP contribution in [0.3, 0.4) is 0 Å². The second-order valence-corrected chi connectivity index (χ2v) is 7.67. The van der Waals surface area contributed by atoms with Crippen molar-refractivity contribution in [2.45, 2.75) is 31.9 Å². The molecule has 2 aliphatic heterocycles. The summed E-state index contributed by atoms with van der Waals surface area (Å²) in [6.45, 7) is 6.41. The average molecular weight is 349 g/mol. The Labute approximate surface area is 149 Å². The molecule has 4 nitrogen and oxygen atoms in total. The highest BCUT2D eigenvalue weighted by atomic mass is 32.2. The minimum atomic E-state index is -0.129. The second-order valence-electron chi connectivity index (χ2n) is 6.44. The van der Waals surface area contributed by atoms with Crippen LogP contribution in [-0.4, -0.2) is 66.1 Å². The summed E-state index contributed by atoms with van der Waals surface area (Å²) in [4.78, 5) is 17.7. The third-order valence-electron chi connectivity index (χ3n) is 4.92. The molecule has 2 aliphatic rings. The van der Waals surface area contributed by atoms with Crippen LogP contribution < -0.4 is 0 Å². The number of carbonyl (C=O) groups is 1. The lowest BCUT2D eigenvalue weighted by Crippen LogP contribution is -2.49. The number of benzene rings is 1. The minimum absolute atomic E-state index is 0.129. The van der Waals surface area contributed by atoms with Gasteiger partial charge in [-0.2, -0.15) is 11.8 Å². The van der Waals surface area contributed by atoms with E-state index in [-0.39, 0.29) is 11.9 Å². The summed E-state index contributed by atoms with van der Waals surface area (Å²) in [5.74, 6) is 2.49. The van der Waals surface area contributed by atoms with E-state index in [0.29, 0.717) is 6.10 Å². The normalized spacial score (nSPS) is 21.6. The first-order chi connectivity index (χ1) is 11.8. The summed E-state index contributed by atoms with van der Waals surface area (Å²) in [5, 5.41) is 0. The first-order valence-corrected chi connectivity index (χ1v) is 10.2. The Bertz CT molecular complexity index is 511. The highest BCUT2D eigenvalue weighted by Crippen LogP contribution is 2.27. The third-order valence-corrected chi connectivity index (χ3v) is 5.86. The Balaban J connectivity index is 1.72. The van der Waals surface area contributed by atoms with Crippen LogP contribution in [0.5, 0.6) is 0 Å². The largest absolute Gasteiger partial charge is 0.378 e. The molecule has 0 N–H and O–H groups in total. The zero-order valence-corrected chi connectivity index (χ0v) is 15.3. The molecule has 0 aliphatic carbocycles. The van der Waals surface area contributed by atoms with Crippen LogP contribution in [-0.2, 0) is 9.53 Å². The van der Waals surface area contributed by atoms with Crippen molar-refractivity contribution >= 4 is 17.7 Å². The number of ether oxygens (including phenoxy) is 1. The van der Waals surface area contributed by atoms with Crippen molar-refractivity contribution in [1.29, 1.82) is 0 Å². The van der Waals surface area contributed by atoms with Crippen molar-refractivity contribution in [2.24, 2.45) is 0 Å². The number of hydrogen-bond acceptors (Lipinski definition) is 4. The predicted molar refractivity (Wildman–Crippen MR) is 99.3 cm³/mol. The summed E-state index contributed by atoms with van der Waals surface area (Å²) in [6, 6.07) is 10.2. The number of carbonyl (C=O) groups excluding carboxylic acids is 1. The van der Waals surface area contributed by atoms with Crippen molar-refractivity contribution < 1.29 is 9.53 Å². The number of amides is 1. The van der Waals surface area contributed by atoms with E-state index in [0.717, 1.165) is 62.7 Å². The fourth-order valence-electron chi connectivity index (χ4n) is 3.63. The monoisotopic (exact) mass is 348 g/mol.